The molecule has 0 bridgehead atoms. The molecule has 5 heteroatoms. The number of benzene rings is 1. The van der Waals surface area contributed by atoms with Crippen LogP contribution in [0.1, 0.15) is 0 Å². The van der Waals surface area contributed by atoms with Crippen LogP contribution in [0, 0.1) is 6.57 Å². The predicted molar refractivity (Wildman–Crippen MR) is 48.9 cm³/mol. The lowest BCUT2D eigenvalue weighted by Crippen LogP contribution is -2.18. The average Bonchev–Trinajstić information content (AvgIpc) is 2.18. The van der Waals surface area contributed by atoms with E-state index in [1.807, 2.05) is 0 Å². The van der Waals surface area contributed by atoms with E-state index in [0.717, 1.165) is 0 Å². The lowest BCUT2D eigenvalue weighted by molar-refractivity contribution is 0.588. The van der Waals surface area contributed by atoms with E-state index in [-0.39, 0.29) is 4.90 Å². The molecule has 0 aliphatic heterocycles. The van der Waals surface area contributed by atoms with Crippen molar-refractivity contribution < 1.29 is 8.42 Å². The van der Waals surface area contributed by atoms with Gasteiger partial charge >= 0.3 is 0 Å². The van der Waals surface area contributed by atoms with Gasteiger partial charge in [-0.25, -0.2) is 18.0 Å². The Labute approximate surface area is 77.1 Å². The minimum atomic E-state index is -3.38. The summed E-state index contributed by atoms with van der Waals surface area (Å²) in [6.07, 6.45) is 0. The summed E-state index contributed by atoms with van der Waals surface area (Å²) in [4.78, 5) is 3.32. The Kier molecular flexibility index (Phi) is 2.66. The van der Waals surface area contributed by atoms with Gasteiger partial charge in [-0.15, -0.1) is 0 Å². The highest BCUT2D eigenvalue weighted by Crippen LogP contribution is 2.15. The van der Waals surface area contributed by atoms with E-state index in [1.165, 1.54) is 31.3 Å². The van der Waals surface area contributed by atoms with E-state index in [9.17, 15) is 8.42 Å². The molecule has 1 aromatic rings. The summed E-state index contributed by atoms with van der Waals surface area (Å²) in [6, 6.07) is 5.74. The first-order valence-electron chi connectivity index (χ1n) is 3.51. The van der Waals surface area contributed by atoms with Crippen LogP contribution in [0.4, 0.5) is 5.69 Å². The fraction of sp³-hybridized carbons (Fsp3) is 0.125. The zero-order valence-corrected chi connectivity index (χ0v) is 7.80. The molecule has 0 amide bonds. The summed E-state index contributed by atoms with van der Waals surface area (Å²) in [5.74, 6) is 0. The molecular formula is C8H8N2O2S. The Morgan fingerprint density at radius 1 is 1.31 bits per heavy atom. The lowest BCUT2D eigenvalue weighted by atomic mass is 10.3. The van der Waals surface area contributed by atoms with Gasteiger partial charge in [0.1, 0.15) is 0 Å². The largest absolute Gasteiger partial charge is 0.240 e. The van der Waals surface area contributed by atoms with Gasteiger partial charge in [-0.3, -0.25) is 0 Å². The second-order valence-corrected chi connectivity index (χ2v) is 4.20. The zero-order chi connectivity index (χ0) is 9.90. The van der Waals surface area contributed by atoms with Crippen LogP contribution in [0.15, 0.2) is 29.2 Å². The van der Waals surface area contributed by atoms with E-state index < -0.39 is 10.0 Å². The Morgan fingerprint density at radius 2 is 1.85 bits per heavy atom. The van der Waals surface area contributed by atoms with E-state index in [0.29, 0.717) is 5.69 Å². The molecule has 13 heavy (non-hydrogen) atoms. The van der Waals surface area contributed by atoms with Crippen molar-refractivity contribution in [3.05, 3.63) is 35.7 Å². The SMILES string of the molecule is [C-]#[N+]c1ccc(S(=O)(=O)NC)cc1. The van der Waals surface area contributed by atoms with Crippen molar-refractivity contribution in [1.82, 2.24) is 4.72 Å². The Morgan fingerprint density at radius 3 is 2.23 bits per heavy atom. The lowest BCUT2D eigenvalue weighted by Gasteiger charge is -2.00. The maximum atomic E-state index is 11.2. The first-order chi connectivity index (χ1) is 6.10. The first-order valence-corrected chi connectivity index (χ1v) is 4.99. The summed E-state index contributed by atoms with van der Waals surface area (Å²) in [6.45, 7) is 6.67. The summed E-state index contributed by atoms with van der Waals surface area (Å²) >= 11 is 0. The van der Waals surface area contributed by atoms with Gasteiger partial charge in [-0.05, 0) is 7.05 Å². The third-order valence-electron chi connectivity index (χ3n) is 1.54. The number of sulfonamides is 1. The smallest absolute Gasteiger partial charge is 0.238 e. The molecule has 0 aliphatic carbocycles. The quantitative estimate of drug-likeness (QED) is 0.721. The molecule has 0 unspecified atom stereocenters. The fourth-order valence-electron chi connectivity index (χ4n) is 0.818. The maximum absolute atomic E-state index is 11.2. The molecule has 0 fully saturated rings. The summed E-state index contributed by atoms with van der Waals surface area (Å²) < 4.78 is 24.6. The third kappa shape index (κ3) is 2.05. The van der Waals surface area contributed by atoms with Gasteiger partial charge in [0.2, 0.25) is 10.0 Å². The molecule has 0 aliphatic rings. The van der Waals surface area contributed by atoms with Crippen molar-refractivity contribution >= 4 is 15.7 Å². The Bertz CT molecular complexity index is 428. The summed E-state index contributed by atoms with van der Waals surface area (Å²) in [7, 11) is -2.03. The molecule has 0 saturated carbocycles. The second-order valence-electron chi connectivity index (χ2n) is 2.31. The molecule has 1 rings (SSSR count). The number of hydrogen-bond acceptors (Lipinski definition) is 2. The molecule has 0 saturated heterocycles. The highest BCUT2D eigenvalue weighted by molar-refractivity contribution is 7.89. The summed E-state index contributed by atoms with van der Waals surface area (Å²) in [5.41, 5.74) is 0.426. The average molecular weight is 196 g/mol. The highest BCUT2D eigenvalue weighted by atomic mass is 32.2. The van der Waals surface area contributed by atoms with Crippen LogP contribution in [0.25, 0.3) is 4.85 Å². The van der Waals surface area contributed by atoms with Crippen molar-refractivity contribution in [2.24, 2.45) is 0 Å². The zero-order valence-electron chi connectivity index (χ0n) is 6.98. The van der Waals surface area contributed by atoms with Gasteiger partial charge in [-0.2, -0.15) is 0 Å². The Hall–Kier alpha value is -1.38. The van der Waals surface area contributed by atoms with Crippen LogP contribution < -0.4 is 4.72 Å². The molecule has 1 aromatic carbocycles. The van der Waals surface area contributed by atoms with E-state index in [1.54, 1.807) is 0 Å². The van der Waals surface area contributed by atoms with Gasteiger partial charge in [0.15, 0.2) is 5.69 Å². The van der Waals surface area contributed by atoms with Gasteiger partial charge in [0.25, 0.3) is 0 Å². The number of hydrogen-bond donors (Lipinski definition) is 1. The molecule has 68 valence electrons. The fourth-order valence-corrected chi connectivity index (χ4v) is 1.55. The van der Waals surface area contributed by atoms with Crippen molar-refractivity contribution in [2.45, 2.75) is 4.90 Å². The van der Waals surface area contributed by atoms with Crippen molar-refractivity contribution in [3.63, 3.8) is 0 Å². The molecule has 0 heterocycles. The van der Waals surface area contributed by atoms with Gasteiger partial charge in [0, 0.05) is 0 Å². The highest BCUT2D eigenvalue weighted by Gasteiger charge is 2.09. The topological polar surface area (TPSA) is 50.5 Å². The van der Waals surface area contributed by atoms with Crippen LogP contribution in [0.3, 0.4) is 0 Å². The molecule has 0 atom stereocenters. The van der Waals surface area contributed by atoms with E-state index in [4.69, 9.17) is 6.57 Å². The predicted octanol–water partition coefficient (Wildman–Crippen LogP) is 1.15. The van der Waals surface area contributed by atoms with Crippen LogP contribution in [-0.4, -0.2) is 15.5 Å². The second kappa shape index (κ2) is 3.56. The minimum absolute atomic E-state index is 0.169. The number of nitrogens with zero attached hydrogens (tertiary/aromatic N) is 1. The van der Waals surface area contributed by atoms with Crippen LogP contribution in [0.5, 0.6) is 0 Å². The normalized spacial score (nSPS) is 10.8. The molecule has 1 N–H and O–H groups in total. The molecule has 4 nitrogen and oxygen atoms in total. The molecule has 0 spiro atoms. The maximum Gasteiger partial charge on any atom is 0.240 e. The standard InChI is InChI=1S/C8H8N2O2S/c1-9-7-3-5-8(6-4-7)13(11,12)10-2/h3-6,10H,2H3. The van der Waals surface area contributed by atoms with Crippen LogP contribution >= 0.6 is 0 Å². The van der Waals surface area contributed by atoms with E-state index >= 15 is 0 Å². The van der Waals surface area contributed by atoms with Crippen LogP contribution in [0.2, 0.25) is 0 Å². The van der Waals surface area contributed by atoms with E-state index in [2.05, 4.69) is 9.57 Å². The van der Waals surface area contributed by atoms with Gasteiger partial charge in [-0.1, -0.05) is 24.3 Å². The molecule has 0 radical (unpaired) electrons. The van der Waals surface area contributed by atoms with Gasteiger partial charge < -0.3 is 0 Å². The number of rotatable bonds is 2. The first kappa shape index (κ1) is 9.71. The monoisotopic (exact) mass is 196 g/mol. The van der Waals surface area contributed by atoms with Gasteiger partial charge in [0.05, 0.1) is 11.5 Å². The molecule has 0 aromatic heterocycles. The number of nitrogens with one attached hydrogen (secondary N) is 1. The summed E-state index contributed by atoms with van der Waals surface area (Å²) in [5, 5.41) is 0. The van der Waals surface area contributed by atoms with Crippen molar-refractivity contribution in [1.29, 1.82) is 0 Å². The van der Waals surface area contributed by atoms with Crippen molar-refractivity contribution in [3.8, 4) is 0 Å². The van der Waals surface area contributed by atoms with Crippen LogP contribution in [-0.2, 0) is 10.0 Å². The van der Waals surface area contributed by atoms with Crippen molar-refractivity contribution in [2.75, 3.05) is 7.05 Å². The minimum Gasteiger partial charge on any atom is -0.238 e. The Balaban J connectivity index is 3.15. The third-order valence-corrected chi connectivity index (χ3v) is 2.98. The molecular weight excluding hydrogens is 188 g/mol.